The monoisotopic (exact) mass is 194 g/mol. The fourth-order valence-corrected chi connectivity index (χ4v) is 1.40. The Morgan fingerprint density at radius 1 is 1.50 bits per heavy atom. The van der Waals surface area contributed by atoms with Crippen LogP contribution in [-0.4, -0.2) is 12.4 Å². The number of unbranched alkanes of at least 4 members (excludes halogenated alkanes) is 1. The molecule has 78 valence electrons. The molecule has 0 aliphatic carbocycles. The van der Waals surface area contributed by atoms with Crippen LogP contribution in [0.5, 0.6) is 0 Å². The van der Waals surface area contributed by atoms with Gasteiger partial charge in [0.1, 0.15) is 0 Å². The molecule has 2 heteroatoms. The van der Waals surface area contributed by atoms with Crippen LogP contribution in [0.1, 0.15) is 39.0 Å². The summed E-state index contributed by atoms with van der Waals surface area (Å²) in [6.45, 7) is 2.69. The van der Waals surface area contributed by atoms with Crippen LogP contribution in [0, 0.1) is 0 Å². The minimum Gasteiger partial charge on any atom is -0.497 e. The van der Waals surface area contributed by atoms with Gasteiger partial charge in [-0.15, -0.1) is 0 Å². The summed E-state index contributed by atoms with van der Waals surface area (Å²) < 4.78 is 5.37. The molecule has 0 aromatic carbocycles. The van der Waals surface area contributed by atoms with E-state index >= 15 is 0 Å². The predicted molar refractivity (Wildman–Crippen MR) is 56.9 cm³/mol. The summed E-state index contributed by atoms with van der Waals surface area (Å²) in [6.07, 6.45) is 10.7. The third-order valence-corrected chi connectivity index (χ3v) is 2.15. The van der Waals surface area contributed by atoms with E-state index in [-0.39, 0.29) is 5.78 Å². The minimum atomic E-state index is 0.204. The Labute approximate surface area is 85.6 Å². The van der Waals surface area contributed by atoms with Crippen molar-refractivity contribution in [2.45, 2.75) is 39.0 Å². The Balaban J connectivity index is 2.17. The van der Waals surface area contributed by atoms with Gasteiger partial charge < -0.3 is 4.74 Å². The molecule has 0 fully saturated rings. The molecule has 0 N–H and O–H groups in total. The molecule has 0 aromatic rings. The molecular formula is C12H18O2. The van der Waals surface area contributed by atoms with Crippen LogP contribution in [0.2, 0.25) is 0 Å². The largest absolute Gasteiger partial charge is 0.497 e. The summed E-state index contributed by atoms with van der Waals surface area (Å²) in [4.78, 5) is 11.0. The Hall–Kier alpha value is -1.05. The highest BCUT2D eigenvalue weighted by atomic mass is 16.5. The lowest BCUT2D eigenvalue weighted by molar-refractivity contribution is -0.116. The third kappa shape index (κ3) is 4.26. The smallest absolute Gasteiger partial charge is 0.162 e. The van der Waals surface area contributed by atoms with Crippen molar-refractivity contribution in [2.75, 3.05) is 6.61 Å². The highest BCUT2D eigenvalue weighted by Crippen LogP contribution is 2.14. The van der Waals surface area contributed by atoms with E-state index in [1.54, 1.807) is 6.08 Å². The number of ether oxygens (including phenoxy) is 1. The molecule has 1 aliphatic rings. The Bertz CT molecular complexity index is 239. The van der Waals surface area contributed by atoms with Crippen LogP contribution in [0.4, 0.5) is 0 Å². The zero-order valence-corrected chi connectivity index (χ0v) is 8.79. The second-order valence-electron chi connectivity index (χ2n) is 3.45. The van der Waals surface area contributed by atoms with Crippen molar-refractivity contribution in [2.24, 2.45) is 0 Å². The fraction of sp³-hybridized carbons (Fsp3) is 0.583. The molecule has 0 radical (unpaired) electrons. The lowest BCUT2D eigenvalue weighted by Crippen LogP contribution is -2.09. The number of allylic oxidation sites excluding steroid dienone is 4. The van der Waals surface area contributed by atoms with Gasteiger partial charge >= 0.3 is 0 Å². The molecule has 0 atom stereocenters. The van der Waals surface area contributed by atoms with Crippen LogP contribution in [0.3, 0.4) is 0 Å². The fourth-order valence-electron chi connectivity index (χ4n) is 1.40. The first kappa shape index (κ1) is 11.0. The van der Waals surface area contributed by atoms with E-state index in [0.717, 1.165) is 31.4 Å². The lowest BCUT2D eigenvalue weighted by atomic mass is 10.1. The molecule has 0 spiro atoms. The first-order valence-corrected chi connectivity index (χ1v) is 5.34. The van der Waals surface area contributed by atoms with Crippen molar-refractivity contribution in [3.8, 4) is 0 Å². The quantitative estimate of drug-likeness (QED) is 0.496. The van der Waals surface area contributed by atoms with Crippen LogP contribution >= 0.6 is 0 Å². The van der Waals surface area contributed by atoms with Gasteiger partial charge in [-0.2, -0.15) is 0 Å². The molecule has 1 aliphatic heterocycles. The number of hydrogen-bond donors (Lipinski definition) is 0. The number of ketones is 1. The van der Waals surface area contributed by atoms with Crippen molar-refractivity contribution >= 4 is 5.78 Å². The SMILES string of the molecule is CC/C=C/CCCC1=CC(=O)CCO1. The van der Waals surface area contributed by atoms with E-state index in [0.29, 0.717) is 13.0 Å². The van der Waals surface area contributed by atoms with Crippen molar-refractivity contribution in [1.29, 1.82) is 0 Å². The van der Waals surface area contributed by atoms with E-state index in [1.165, 1.54) is 0 Å². The molecule has 0 aromatic heterocycles. The van der Waals surface area contributed by atoms with Crippen LogP contribution < -0.4 is 0 Å². The molecule has 0 saturated heterocycles. The second-order valence-corrected chi connectivity index (χ2v) is 3.45. The molecule has 0 amide bonds. The normalized spacial score (nSPS) is 16.9. The van der Waals surface area contributed by atoms with E-state index in [9.17, 15) is 4.79 Å². The van der Waals surface area contributed by atoms with Crippen molar-refractivity contribution < 1.29 is 9.53 Å². The number of rotatable bonds is 5. The predicted octanol–water partition coefficient (Wildman–Crippen LogP) is 3.00. The highest BCUT2D eigenvalue weighted by Gasteiger charge is 2.09. The lowest BCUT2D eigenvalue weighted by Gasteiger charge is -2.13. The van der Waals surface area contributed by atoms with Gasteiger partial charge in [-0.1, -0.05) is 19.1 Å². The van der Waals surface area contributed by atoms with E-state index in [2.05, 4.69) is 19.1 Å². The van der Waals surface area contributed by atoms with Crippen molar-refractivity contribution in [3.05, 3.63) is 24.0 Å². The first-order chi connectivity index (χ1) is 6.83. The average molecular weight is 194 g/mol. The van der Waals surface area contributed by atoms with Gasteiger partial charge in [0.25, 0.3) is 0 Å². The van der Waals surface area contributed by atoms with E-state index < -0.39 is 0 Å². The van der Waals surface area contributed by atoms with Crippen LogP contribution in [0.15, 0.2) is 24.0 Å². The molecule has 0 unspecified atom stereocenters. The van der Waals surface area contributed by atoms with E-state index in [4.69, 9.17) is 4.74 Å². The average Bonchev–Trinajstić information content (AvgIpc) is 2.18. The Morgan fingerprint density at radius 3 is 3.07 bits per heavy atom. The molecule has 0 saturated carbocycles. The van der Waals surface area contributed by atoms with Gasteiger partial charge in [0, 0.05) is 18.9 Å². The molecule has 1 rings (SSSR count). The topological polar surface area (TPSA) is 26.3 Å². The van der Waals surface area contributed by atoms with Gasteiger partial charge in [0.2, 0.25) is 0 Å². The second kappa shape index (κ2) is 6.41. The van der Waals surface area contributed by atoms with Gasteiger partial charge in [0.15, 0.2) is 5.78 Å². The zero-order chi connectivity index (χ0) is 10.2. The molecular weight excluding hydrogens is 176 g/mol. The van der Waals surface area contributed by atoms with Gasteiger partial charge in [-0.25, -0.2) is 0 Å². The number of hydrogen-bond acceptors (Lipinski definition) is 2. The van der Waals surface area contributed by atoms with Crippen LogP contribution in [0.25, 0.3) is 0 Å². The summed E-state index contributed by atoms with van der Waals surface area (Å²) in [5.41, 5.74) is 0. The van der Waals surface area contributed by atoms with Crippen molar-refractivity contribution in [3.63, 3.8) is 0 Å². The summed E-state index contributed by atoms with van der Waals surface area (Å²) in [5, 5.41) is 0. The summed E-state index contributed by atoms with van der Waals surface area (Å²) in [5.74, 6) is 1.07. The molecule has 14 heavy (non-hydrogen) atoms. The zero-order valence-electron chi connectivity index (χ0n) is 8.79. The van der Waals surface area contributed by atoms with Gasteiger partial charge in [0.05, 0.1) is 12.4 Å². The maximum atomic E-state index is 11.0. The Kier molecular flexibility index (Phi) is 5.05. The minimum absolute atomic E-state index is 0.204. The van der Waals surface area contributed by atoms with Gasteiger partial charge in [-0.3, -0.25) is 4.79 Å². The maximum absolute atomic E-state index is 11.0. The molecule has 2 nitrogen and oxygen atoms in total. The maximum Gasteiger partial charge on any atom is 0.162 e. The third-order valence-electron chi connectivity index (χ3n) is 2.15. The number of carbonyl (C=O) groups is 1. The summed E-state index contributed by atoms with van der Waals surface area (Å²) in [7, 11) is 0. The standard InChI is InChI=1S/C12H18O2/c1-2-3-4-5-6-7-12-10-11(13)8-9-14-12/h3-4,10H,2,5-9H2,1H3/b4-3+. The van der Waals surface area contributed by atoms with Crippen LogP contribution in [-0.2, 0) is 9.53 Å². The van der Waals surface area contributed by atoms with Gasteiger partial charge in [-0.05, 0) is 19.3 Å². The number of carbonyl (C=O) groups excluding carboxylic acids is 1. The summed E-state index contributed by atoms with van der Waals surface area (Å²) >= 11 is 0. The first-order valence-electron chi connectivity index (χ1n) is 5.34. The molecule has 1 heterocycles. The highest BCUT2D eigenvalue weighted by molar-refractivity contribution is 5.90. The Morgan fingerprint density at radius 2 is 2.36 bits per heavy atom. The molecule has 0 bridgehead atoms. The summed E-state index contributed by atoms with van der Waals surface area (Å²) in [6, 6.07) is 0. The van der Waals surface area contributed by atoms with Crippen molar-refractivity contribution in [1.82, 2.24) is 0 Å². The van der Waals surface area contributed by atoms with E-state index in [1.807, 2.05) is 0 Å².